The average Bonchev–Trinajstić information content (AvgIpc) is 3.43. The number of methoxy groups -OCH3 is 1. The summed E-state index contributed by atoms with van der Waals surface area (Å²) >= 11 is 5.32. The van der Waals surface area contributed by atoms with Crippen molar-refractivity contribution in [3.05, 3.63) is 76.0 Å². The van der Waals surface area contributed by atoms with Crippen molar-refractivity contribution in [1.82, 2.24) is 15.1 Å². The van der Waals surface area contributed by atoms with Crippen LogP contribution in [0.2, 0.25) is 0 Å². The molecule has 1 aromatic carbocycles. The summed E-state index contributed by atoms with van der Waals surface area (Å²) in [7, 11) is 1.52. The number of amides is 1. The highest BCUT2D eigenvalue weighted by molar-refractivity contribution is 7.80. The van der Waals surface area contributed by atoms with E-state index in [2.05, 4.69) is 10.4 Å². The number of hydrogen-bond acceptors (Lipinski definition) is 7. The molecule has 0 spiro atoms. The van der Waals surface area contributed by atoms with Crippen molar-refractivity contribution in [3.63, 3.8) is 0 Å². The molecule has 3 heterocycles. The zero-order valence-corrected chi connectivity index (χ0v) is 16.5. The van der Waals surface area contributed by atoms with Gasteiger partial charge in [0.15, 0.2) is 5.11 Å². The van der Waals surface area contributed by atoms with E-state index in [1.807, 2.05) is 0 Å². The molecule has 1 saturated heterocycles. The molecule has 1 amide bonds. The number of nitrogens with one attached hydrogen (secondary N) is 1. The number of para-hydroxylation sites is 2. The SMILES string of the molecule is COc1ccccc1N1C(=O)/C(=C\c2ccc(Cn3ccc([N+](=O)[O-])n3)o2)NC1=S. The number of anilines is 1. The molecule has 0 radical (unpaired) electrons. The second-order valence-corrected chi connectivity index (χ2v) is 6.62. The normalized spacial score (nSPS) is 15.0. The highest BCUT2D eigenvalue weighted by Crippen LogP contribution is 2.31. The van der Waals surface area contributed by atoms with E-state index in [4.69, 9.17) is 21.4 Å². The molecule has 1 N–H and O–H groups in total. The fraction of sp³-hybridized carbons (Fsp3) is 0.105. The minimum atomic E-state index is -0.567. The van der Waals surface area contributed by atoms with Crippen molar-refractivity contribution in [2.45, 2.75) is 6.54 Å². The maximum atomic E-state index is 12.9. The van der Waals surface area contributed by atoms with Crippen molar-refractivity contribution in [2.24, 2.45) is 0 Å². The molecule has 4 rings (SSSR count). The van der Waals surface area contributed by atoms with Gasteiger partial charge in [0, 0.05) is 6.08 Å². The highest BCUT2D eigenvalue weighted by Gasteiger charge is 2.33. The standard InChI is InChI=1S/C19H15N5O5S/c1-28-16-5-3-2-4-15(16)23-18(25)14(20-19(23)30)10-12-6-7-13(29-12)11-22-9-8-17(21-22)24(26)27/h2-10H,11H2,1H3,(H,20,30)/b14-10+. The summed E-state index contributed by atoms with van der Waals surface area (Å²) < 4.78 is 12.4. The zero-order chi connectivity index (χ0) is 21.3. The first-order valence-electron chi connectivity index (χ1n) is 8.73. The number of aromatic nitrogens is 2. The van der Waals surface area contributed by atoms with Crippen LogP contribution in [0.25, 0.3) is 6.08 Å². The molecule has 0 atom stereocenters. The molecule has 1 fully saturated rings. The van der Waals surface area contributed by atoms with Gasteiger partial charge in [-0.3, -0.25) is 4.79 Å². The number of carbonyl (C=O) groups is 1. The number of ether oxygens (including phenoxy) is 1. The quantitative estimate of drug-likeness (QED) is 0.277. The van der Waals surface area contributed by atoms with Crippen molar-refractivity contribution in [1.29, 1.82) is 0 Å². The third kappa shape index (κ3) is 3.65. The first kappa shape index (κ1) is 19.3. The van der Waals surface area contributed by atoms with Crippen LogP contribution in [0.5, 0.6) is 5.75 Å². The van der Waals surface area contributed by atoms with Crippen molar-refractivity contribution >= 4 is 40.8 Å². The molecular weight excluding hydrogens is 410 g/mol. The Morgan fingerprint density at radius 2 is 2.10 bits per heavy atom. The van der Waals surface area contributed by atoms with Crippen LogP contribution in [0, 0.1) is 10.1 Å². The Morgan fingerprint density at radius 1 is 1.30 bits per heavy atom. The molecule has 2 aromatic heterocycles. The van der Waals surface area contributed by atoms with Crippen LogP contribution in [0.3, 0.4) is 0 Å². The fourth-order valence-corrected chi connectivity index (χ4v) is 3.25. The molecule has 1 aliphatic rings. The van der Waals surface area contributed by atoms with Crippen LogP contribution in [0.15, 0.2) is 58.8 Å². The summed E-state index contributed by atoms with van der Waals surface area (Å²) in [5.74, 6) is 0.881. The molecule has 0 saturated carbocycles. The smallest absolute Gasteiger partial charge is 0.389 e. The average molecular weight is 425 g/mol. The summed E-state index contributed by atoms with van der Waals surface area (Å²) in [5.41, 5.74) is 0.785. The monoisotopic (exact) mass is 425 g/mol. The summed E-state index contributed by atoms with van der Waals surface area (Å²) in [6, 6.07) is 11.8. The number of benzene rings is 1. The Balaban J connectivity index is 1.53. The third-order valence-electron chi connectivity index (χ3n) is 4.30. The molecular formula is C19H15N5O5S. The maximum Gasteiger partial charge on any atom is 0.389 e. The number of carbonyl (C=O) groups excluding carboxylic acids is 1. The lowest BCUT2D eigenvalue weighted by Crippen LogP contribution is -2.30. The topological polar surface area (TPSA) is 116 Å². The molecule has 1 aliphatic heterocycles. The largest absolute Gasteiger partial charge is 0.495 e. The molecule has 3 aromatic rings. The lowest BCUT2D eigenvalue weighted by Gasteiger charge is -2.17. The zero-order valence-electron chi connectivity index (χ0n) is 15.6. The fourth-order valence-electron chi connectivity index (χ4n) is 2.96. The van der Waals surface area contributed by atoms with Gasteiger partial charge in [-0.05, 0) is 41.4 Å². The lowest BCUT2D eigenvalue weighted by molar-refractivity contribution is -0.389. The van der Waals surface area contributed by atoms with E-state index in [-0.39, 0.29) is 29.1 Å². The summed E-state index contributed by atoms with van der Waals surface area (Å²) in [4.78, 5) is 24.4. The second-order valence-electron chi connectivity index (χ2n) is 6.23. The van der Waals surface area contributed by atoms with Crippen LogP contribution in [-0.4, -0.2) is 32.8 Å². The van der Waals surface area contributed by atoms with Gasteiger partial charge < -0.3 is 24.6 Å². The van der Waals surface area contributed by atoms with Crippen LogP contribution in [0.1, 0.15) is 11.5 Å². The molecule has 0 unspecified atom stereocenters. The second kappa shape index (κ2) is 7.79. The van der Waals surface area contributed by atoms with Crippen LogP contribution in [0.4, 0.5) is 11.5 Å². The van der Waals surface area contributed by atoms with Gasteiger partial charge in [0.25, 0.3) is 5.91 Å². The summed E-state index contributed by atoms with van der Waals surface area (Å²) in [6.45, 7) is 0.212. The van der Waals surface area contributed by atoms with E-state index >= 15 is 0 Å². The predicted molar refractivity (Wildman–Crippen MR) is 111 cm³/mol. The Morgan fingerprint density at radius 3 is 2.83 bits per heavy atom. The van der Waals surface area contributed by atoms with Gasteiger partial charge in [0.2, 0.25) is 0 Å². The van der Waals surface area contributed by atoms with Crippen molar-refractivity contribution in [3.8, 4) is 5.75 Å². The van der Waals surface area contributed by atoms with Crippen molar-refractivity contribution in [2.75, 3.05) is 12.0 Å². The minimum absolute atomic E-state index is 0.212. The third-order valence-corrected chi connectivity index (χ3v) is 4.59. The predicted octanol–water partition coefficient (Wildman–Crippen LogP) is 2.70. The van der Waals surface area contributed by atoms with Crippen LogP contribution in [-0.2, 0) is 11.3 Å². The number of nitrogens with zero attached hydrogens (tertiary/aromatic N) is 4. The highest BCUT2D eigenvalue weighted by atomic mass is 32.1. The van der Waals surface area contributed by atoms with E-state index in [1.165, 1.54) is 29.0 Å². The number of furan rings is 1. The molecule has 10 nitrogen and oxygen atoms in total. The molecule has 0 aliphatic carbocycles. The van der Waals surface area contributed by atoms with E-state index in [0.717, 1.165) is 0 Å². The summed E-state index contributed by atoms with van der Waals surface area (Å²) in [5, 5.41) is 17.7. The van der Waals surface area contributed by atoms with Crippen LogP contribution >= 0.6 is 12.2 Å². The van der Waals surface area contributed by atoms with Gasteiger partial charge >= 0.3 is 5.82 Å². The molecule has 0 bridgehead atoms. The maximum absolute atomic E-state index is 12.9. The minimum Gasteiger partial charge on any atom is -0.495 e. The van der Waals surface area contributed by atoms with Crippen LogP contribution < -0.4 is 15.0 Å². The molecule has 11 heteroatoms. The number of nitro groups is 1. The van der Waals surface area contributed by atoms with E-state index in [9.17, 15) is 14.9 Å². The Hall–Kier alpha value is -3.99. The number of hydrogen-bond donors (Lipinski definition) is 1. The Labute approximate surface area is 175 Å². The first-order chi connectivity index (χ1) is 14.5. The molecule has 30 heavy (non-hydrogen) atoms. The molecule has 152 valence electrons. The van der Waals surface area contributed by atoms with Gasteiger partial charge in [-0.25, -0.2) is 4.90 Å². The summed E-state index contributed by atoms with van der Waals surface area (Å²) in [6.07, 6.45) is 3.03. The van der Waals surface area contributed by atoms with E-state index in [0.29, 0.717) is 23.0 Å². The van der Waals surface area contributed by atoms with E-state index in [1.54, 1.807) is 42.5 Å². The van der Waals surface area contributed by atoms with Gasteiger partial charge in [-0.1, -0.05) is 12.1 Å². The van der Waals surface area contributed by atoms with Crippen molar-refractivity contribution < 1.29 is 18.9 Å². The number of thiocarbonyl (C=S) groups is 1. The Bertz CT molecular complexity index is 1180. The Kier molecular flexibility index (Phi) is 5.02. The van der Waals surface area contributed by atoms with E-state index < -0.39 is 4.92 Å². The van der Waals surface area contributed by atoms with Gasteiger partial charge in [0.05, 0.1) is 30.2 Å². The first-order valence-corrected chi connectivity index (χ1v) is 9.14. The van der Waals surface area contributed by atoms with Gasteiger partial charge in [-0.2, -0.15) is 4.68 Å². The van der Waals surface area contributed by atoms with Gasteiger partial charge in [-0.15, -0.1) is 0 Å². The van der Waals surface area contributed by atoms with Gasteiger partial charge in [0.1, 0.15) is 29.5 Å². The number of rotatable bonds is 6. The lowest BCUT2D eigenvalue weighted by atomic mass is 10.2.